The summed E-state index contributed by atoms with van der Waals surface area (Å²) in [5.74, 6) is 0.869. The second-order valence-corrected chi connectivity index (χ2v) is 8.18. The lowest BCUT2D eigenvalue weighted by atomic mass is 9.88. The molecule has 144 valence electrons. The molecule has 2 aromatic rings. The van der Waals surface area contributed by atoms with E-state index in [1.807, 2.05) is 25.1 Å². The largest absolute Gasteiger partial charge is 0.496 e. The minimum Gasteiger partial charge on any atom is -0.496 e. The molecule has 5 nitrogen and oxygen atoms in total. The summed E-state index contributed by atoms with van der Waals surface area (Å²) in [7, 11) is 3.01. The highest BCUT2D eigenvalue weighted by Crippen LogP contribution is 2.40. The van der Waals surface area contributed by atoms with Crippen LogP contribution in [0.4, 0.5) is 5.00 Å². The Morgan fingerprint density at radius 1 is 1.30 bits per heavy atom. The molecule has 0 radical (unpaired) electrons. The molecule has 27 heavy (non-hydrogen) atoms. The second-order valence-electron chi connectivity index (χ2n) is 7.08. The molecule has 1 aromatic carbocycles. The van der Waals surface area contributed by atoms with Gasteiger partial charge in [-0.2, -0.15) is 0 Å². The summed E-state index contributed by atoms with van der Waals surface area (Å²) in [6.07, 6.45) is 3.08. The fourth-order valence-electron chi connectivity index (χ4n) is 3.56. The molecular weight excluding hydrogens is 362 g/mol. The maximum atomic E-state index is 12.6. The van der Waals surface area contributed by atoms with Crippen molar-refractivity contribution in [1.82, 2.24) is 0 Å². The van der Waals surface area contributed by atoms with Gasteiger partial charge in [-0.15, -0.1) is 11.3 Å². The van der Waals surface area contributed by atoms with Gasteiger partial charge in [0.2, 0.25) is 5.91 Å². The average molecular weight is 388 g/mol. The lowest BCUT2D eigenvalue weighted by Gasteiger charge is -2.18. The molecule has 3 rings (SSSR count). The first kappa shape index (κ1) is 19.4. The Morgan fingerprint density at radius 2 is 2.07 bits per heavy atom. The molecule has 0 spiro atoms. The first-order chi connectivity index (χ1) is 12.9. The molecule has 0 saturated carbocycles. The van der Waals surface area contributed by atoms with Gasteiger partial charge in [0.05, 0.1) is 26.2 Å². The summed E-state index contributed by atoms with van der Waals surface area (Å²) < 4.78 is 10.2. The smallest absolute Gasteiger partial charge is 0.341 e. The Morgan fingerprint density at radius 3 is 2.74 bits per heavy atom. The zero-order valence-corrected chi connectivity index (χ0v) is 17.0. The second kappa shape index (κ2) is 8.13. The van der Waals surface area contributed by atoms with Crippen LogP contribution < -0.4 is 10.1 Å². The summed E-state index contributed by atoms with van der Waals surface area (Å²) in [4.78, 5) is 26.1. The zero-order valence-electron chi connectivity index (χ0n) is 16.2. The number of fused-ring (bicyclic) bond motifs is 1. The maximum absolute atomic E-state index is 12.6. The topological polar surface area (TPSA) is 64.6 Å². The lowest BCUT2D eigenvalue weighted by molar-refractivity contribution is -0.115. The summed E-state index contributed by atoms with van der Waals surface area (Å²) in [5.41, 5.74) is 3.46. The zero-order chi connectivity index (χ0) is 19.6. The maximum Gasteiger partial charge on any atom is 0.341 e. The van der Waals surface area contributed by atoms with E-state index < -0.39 is 0 Å². The van der Waals surface area contributed by atoms with Crippen LogP contribution in [-0.4, -0.2) is 26.1 Å². The van der Waals surface area contributed by atoms with Gasteiger partial charge in [-0.1, -0.05) is 19.1 Å². The van der Waals surface area contributed by atoms with Crippen LogP contribution in [0.25, 0.3) is 0 Å². The van der Waals surface area contributed by atoms with Crippen LogP contribution in [0.1, 0.15) is 45.3 Å². The predicted octanol–water partition coefficient (Wildman–Crippen LogP) is 4.16. The van der Waals surface area contributed by atoms with Gasteiger partial charge < -0.3 is 14.8 Å². The number of amides is 1. The van der Waals surface area contributed by atoms with Crippen molar-refractivity contribution in [3.8, 4) is 5.75 Å². The van der Waals surface area contributed by atoms with Crippen molar-refractivity contribution < 1.29 is 19.1 Å². The Labute approximate surface area is 163 Å². The van der Waals surface area contributed by atoms with Gasteiger partial charge >= 0.3 is 5.97 Å². The van der Waals surface area contributed by atoms with E-state index in [1.165, 1.54) is 23.3 Å². The van der Waals surface area contributed by atoms with Crippen LogP contribution in [0, 0.1) is 12.8 Å². The number of rotatable bonds is 5. The molecule has 1 amide bonds. The lowest BCUT2D eigenvalue weighted by Crippen LogP contribution is -2.17. The van der Waals surface area contributed by atoms with Gasteiger partial charge in [0.25, 0.3) is 0 Å². The quantitative estimate of drug-likeness (QED) is 0.783. The molecule has 1 aliphatic carbocycles. The number of esters is 1. The Hall–Kier alpha value is -2.34. The molecular formula is C21H25NO4S. The number of aryl methyl sites for hydroxylation is 1. The molecule has 1 aromatic heterocycles. The third kappa shape index (κ3) is 4.16. The van der Waals surface area contributed by atoms with Crippen molar-refractivity contribution in [2.45, 2.75) is 39.5 Å². The van der Waals surface area contributed by atoms with Crippen molar-refractivity contribution in [2.24, 2.45) is 5.92 Å². The van der Waals surface area contributed by atoms with Crippen LogP contribution in [0.2, 0.25) is 0 Å². The molecule has 0 aliphatic heterocycles. The van der Waals surface area contributed by atoms with Crippen molar-refractivity contribution in [3.63, 3.8) is 0 Å². The number of nitrogens with one attached hydrogen (secondary N) is 1. The van der Waals surface area contributed by atoms with E-state index in [4.69, 9.17) is 9.47 Å². The van der Waals surface area contributed by atoms with Gasteiger partial charge in [-0.3, -0.25) is 4.79 Å². The first-order valence-corrected chi connectivity index (χ1v) is 9.90. The molecule has 0 saturated heterocycles. The van der Waals surface area contributed by atoms with Gasteiger partial charge in [0, 0.05) is 4.88 Å². The summed E-state index contributed by atoms with van der Waals surface area (Å²) in [6, 6.07) is 5.69. The van der Waals surface area contributed by atoms with E-state index in [0.29, 0.717) is 16.5 Å². The summed E-state index contributed by atoms with van der Waals surface area (Å²) in [6.45, 7) is 4.16. The Bertz CT molecular complexity index is 871. The van der Waals surface area contributed by atoms with Crippen LogP contribution in [0.3, 0.4) is 0 Å². The SMILES string of the molecule is COC(=O)c1c(NC(=O)Cc2ccc(OC)c(C)c2)sc2c1CCC(C)C2. The number of hydrogen-bond acceptors (Lipinski definition) is 5. The van der Waals surface area contributed by atoms with Crippen molar-refractivity contribution in [1.29, 1.82) is 0 Å². The van der Waals surface area contributed by atoms with Gasteiger partial charge in [-0.05, 0) is 54.9 Å². The number of benzene rings is 1. The third-order valence-electron chi connectivity index (χ3n) is 4.98. The van der Waals surface area contributed by atoms with Crippen LogP contribution >= 0.6 is 11.3 Å². The minimum absolute atomic E-state index is 0.142. The Balaban J connectivity index is 1.81. The Kier molecular flexibility index (Phi) is 5.85. The van der Waals surface area contributed by atoms with Crippen LogP contribution in [0.5, 0.6) is 5.75 Å². The molecule has 0 fully saturated rings. The third-order valence-corrected chi connectivity index (χ3v) is 6.15. The molecule has 1 heterocycles. The van der Waals surface area contributed by atoms with E-state index in [1.54, 1.807) is 7.11 Å². The number of hydrogen-bond donors (Lipinski definition) is 1. The van der Waals surface area contributed by atoms with E-state index in [9.17, 15) is 9.59 Å². The molecule has 1 unspecified atom stereocenters. The monoisotopic (exact) mass is 387 g/mol. The van der Waals surface area contributed by atoms with Gasteiger partial charge in [-0.25, -0.2) is 4.79 Å². The van der Waals surface area contributed by atoms with Crippen molar-refractivity contribution in [3.05, 3.63) is 45.3 Å². The van der Waals surface area contributed by atoms with Gasteiger partial charge in [0.1, 0.15) is 10.8 Å². The summed E-state index contributed by atoms with van der Waals surface area (Å²) >= 11 is 1.50. The van der Waals surface area contributed by atoms with Crippen LogP contribution in [0.15, 0.2) is 18.2 Å². The average Bonchev–Trinajstić information content (AvgIpc) is 2.97. The summed E-state index contributed by atoms with van der Waals surface area (Å²) in [5, 5.41) is 3.55. The number of methoxy groups -OCH3 is 2. The first-order valence-electron chi connectivity index (χ1n) is 9.09. The molecule has 1 N–H and O–H groups in total. The van der Waals surface area contributed by atoms with Gasteiger partial charge in [0.15, 0.2) is 0 Å². The number of ether oxygens (including phenoxy) is 2. The standard InChI is InChI=1S/C21H25NO4S/c1-12-5-7-15-17(9-12)27-20(19(15)21(24)26-4)22-18(23)11-14-6-8-16(25-3)13(2)10-14/h6,8,10,12H,5,7,9,11H2,1-4H3,(H,22,23). The number of thiophene rings is 1. The minimum atomic E-state index is -0.377. The number of carbonyl (C=O) groups excluding carboxylic acids is 2. The van der Waals surface area contributed by atoms with Crippen molar-refractivity contribution in [2.75, 3.05) is 19.5 Å². The highest BCUT2D eigenvalue weighted by Gasteiger charge is 2.28. The number of anilines is 1. The van der Waals surface area contributed by atoms with E-state index in [-0.39, 0.29) is 18.3 Å². The highest BCUT2D eigenvalue weighted by atomic mass is 32.1. The number of carbonyl (C=O) groups is 2. The van der Waals surface area contributed by atoms with E-state index in [0.717, 1.165) is 41.7 Å². The highest BCUT2D eigenvalue weighted by molar-refractivity contribution is 7.17. The normalized spacial score (nSPS) is 15.8. The predicted molar refractivity (Wildman–Crippen MR) is 107 cm³/mol. The van der Waals surface area contributed by atoms with Crippen LogP contribution in [-0.2, 0) is 28.8 Å². The molecule has 0 bridgehead atoms. The molecule has 1 aliphatic rings. The molecule has 1 atom stereocenters. The van der Waals surface area contributed by atoms with E-state index in [2.05, 4.69) is 12.2 Å². The fraction of sp³-hybridized carbons (Fsp3) is 0.429. The molecule has 6 heteroatoms. The fourth-order valence-corrected chi connectivity index (χ4v) is 4.98. The van der Waals surface area contributed by atoms with Crippen molar-refractivity contribution >= 4 is 28.2 Å². The van der Waals surface area contributed by atoms with E-state index >= 15 is 0 Å².